The molecule has 3 unspecified atom stereocenters. The summed E-state index contributed by atoms with van der Waals surface area (Å²) in [6.07, 6.45) is 8.25. The van der Waals surface area contributed by atoms with Crippen LogP contribution in [0.15, 0.2) is 42.9 Å². The number of benzene rings is 1. The summed E-state index contributed by atoms with van der Waals surface area (Å²) in [5, 5.41) is 13.6. The Morgan fingerprint density at radius 3 is 2.43 bits per heavy atom. The van der Waals surface area contributed by atoms with Crippen LogP contribution in [0.2, 0.25) is 0 Å². The van der Waals surface area contributed by atoms with Crippen molar-refractivity contribution in [3.05, 3.63) is 76.8 Å². The molecule has 3 heterocycles. The number of nitrogens with one attached hydrogen (secondary N) is 1. The summed E-state index contributed by atoms with van der Waals surface area (Å²) >= 11 is 5.28. The Labute approximate surface area is 213 Å². The molecule has 1 N–H and O–H groups in total. The molecular weight excluding hydrogens is 454 g/mol. The second kappa shape index (κ2) is 10.3. The Hall–Kier alpha value is -3.00. The zero-order chi connectivity index (χ0) is 25.2. The third-order valence-corrected chi connectivity index (χ3v) is 7.17. The number of aryl methyl sites for hydroxylation is 4. The van der Waals surface area contributed by atoms with Crippen molar-refractivity contribution in [3.63, 3.8) is 0 Å². The lowest BCUT2D eigenvalue weighted by Crippen LogP contribution is -2.26. The maximum absolute atomic E-state index is 5.28. The van der Waals surface area contributed by atoms with Crippen LogP contribution in [-0.4, -0.2) is 34.9 Å². The lowest BCUT2D eigenvalue weighted by molar-refractivity contribution is 0.412. The zero-order valence-electron chi connectivity index (χ0n) is 21.4. The van der Waals surface area contributed by atoms with E-state index in [1.165, 1.54) is 16.7 Å². The van der Waals surface area contributed by atoms with E-state index in [0.717, 1.165) is 42.2 Å². The van der Waals surface area contributed by atoms with E-state index in [-0.39, 0.29) is 11.8 Å². The zero-order valence-corrected chi connectivity index (χ0v) is 22.3. The third kappa shape index (κ3) is 5.32. The van der Waals surface area contributed by atoms with Crippen LogP contribution in [0.3, 0.4) is 0 Å². The summed E-state index contributed by atoms with van der Waals surface area (Å²) in [6, 6.07) is 8.44. The van der Waals surface area contributed by atoms with Gasteiger partial charge in [0.05, 0.1) is 0 Å². The predicted molar refractivity (Wildman–Crippen MR) is 143 cm³/mol. The normalized spacial score (nSPS) is 15.1. The van der Waals surface area contributed by atoms with Crippen LogP contribution in [0, 0.1) is 13.8 Å². The van der Waals surface area contributed by atoms with E-state index in [1.807, 2.05) is 38.6 Å². The van der Waals surface area contributed by atoms with E-state index >= 15 is 0 Å². The first-order valence-electron chi connectivity index (χ1n) is 12.3. The van der Waals surface area contributed by atoms with Gasteiger partial charge in [0.1, 0.15) is 17.3 Å². The average molecular weight is 490 g/mol. The summed E-state index contributed by atoms with van der Waals surface area (Å²) in [7, 11) is 1.89. The van der Waals surface area contributed by atoms with E-state index in [9.17, 15) is 0 Å². The molecule has 35 heavy (non-hydrogen) atoms. The summed E-state index contributed by atoms with van der Waals surface area (Å²) < 4.78 is 1.37. The molecule has 7 nitrogen and oxygen atoms in total. The second-order valence-electron chi connectivity index (χ2n) is 9.61. The topological polar surface area (TPSA) is 85.2 Å². The first kappa shape index (κ1) is 25.1. The van der Waals surface area contributed by atoms with Gasteiger partial charge in [-0.25, -0.2) is 9.97 Å². The van der Waals surface area contributed by atoms with Crippen molar-refractivity contribution in [2.24, 2.45) is 7.05 Å². The highest BCUT2D eigenvalue weighted by Crippen LogP contribution is 2.46. The van der Waals surface area contributed by atoms with Gasteiger partial charge in [-0.2, -0.15) is 17.7 Å². The molecule has 0 aliphatic rings. The van der Waals surface area contributed by atoms with E-state index < -0.39 is 4.75 Å². The van der Waals surface area contributed by atoms with E-state index in [1.54, 1.807) is 4.68 Å². The largest absolute Gasteiger partial charge is 0.323 e. The number of hydrogen-bond acceptors (Lipinski definition) is 6. The maximum atomic E-state index is 5.28. The first-order valence-corrected chi connectivity index (χ1v) is 12.7. The highest BCUT2D eigenvalue weighted by Gasteiger charge is 2.37. The second-order valence-corrected chi connectivity index (χ2v) is 10.6. The standard InChI is InChI=1S/C27H35N7S/c1-7-19-11-9-10-18(4)23(19)27(5,35)14-21(20(8-2)24-28-15-17(3)16-29-24)25-30-26(32-31-25)22-12-13-34(6)33-22/h9-13,15-16,20-21,35H,7-8,14H2,1-6H3,(H,30,31,32). The maximum Gasteiger partial charge on any atom is 0.181 e. The summed E-state index contributed by atoms with van der Waals surface area (Å²) in [5.41, 5.74) is 5.69. The molecule has 0 spiro atoms. The van der Waals surface area contributed by atoms with E-state index in [2.05, 4.69) is 66.2 Å². The Balaban J connectivity index is 1.79. The summed E-state index contributed by atoms with van der Waals surface area (Å²) in [6.45, 7) is 10.8. The molecule has 0 amide bonds. The van der Waals surface area contributed by atoms with Crippen molar-refractivity contribution in [2.75, 3.05) is 0 Å². The first-order chi connectivity index (χ1) is 16.7. The fraction of sp³-hybridized carbons (Fsp3) is 0.444. The van der Waals surface area contributed by atoms with Crippen molar-refractivity contribution in [2.45, 2.75) is 70.5 Å². The van der Waals surface area contributed by atoms with Crippen molar-refractivity contribution in [3.8, 4) is 11.5 Å². The highest BCUT2D eigenvalue weighted by atomic mass is 32.1. The number of aromatic nitrogens is 7. The summed E-state index contributed by atoms with van der Waals surface area (Å²) in [5.74, 6) is 2.34. The Morgan fingerprint density at radius 1 is 1.06 bits per heavy atom. The Morgan fingerprint density at radius 2 is 1.80 bits per heavy atom. The molecule has 4 aromatic rings. The molecule has 0 fully saturated rings. The minimum absolute atomic E-state index is 0.0144. The number of H-pyrrole nitrogens is 1. The molecule has 0 aliphatic heterocycles. The van der Waals surface area contributed by atoms with Gasteiger partial charge in [0, 0.05) is 42.2 Å². The van der Waals surface area contributed by atoms with Crippen molar-refractivity contribution in [1.82, 2.24) is 34.9 Å². The lowest BCUT2D eigenvalue weighted by atomic mass is 9.77. The summed E-state index contributed by atoms with van der Waals surface area (Å²) in [4.78, 5) is 12.9. The third-order valence-electron chi connectivity index (χ3n) is 6.77. The van der Waals surface area contributed by atoms with Gasteiger partial charge in [-0.15, -0.1) is 10.2 Å². The smallest absolute Gasteiger partial charge is 0.181 e. The molecule has 0 bridgehead atoms. The van der Waals surface area contributed by atoms with Crippen LogP contribution in [0.1, 0.15) is 79.4 Å². The van der Waals surface area contributed by atoms with Gasteiger partial charge in [-0.3, -0.25) is 4.68 Å². The van der Waals surface area contributed by atoms with E-state index in [0.29, 0.717) is 5.82 Å². The van der Waals surface area contributed by atoms with Crippen LogP contribution < -0.4 is 0 Å². The number of hydrogen-bond donors (Lipinski definition) is 2. The van der Waals surface area contributed by atoms with Crippen LogP contribution in [0.25, 0.3) is 11.5 Å². The molecule has 3 atom stereocenters. The molecule has 0 saturated heterocycles. The minimum Gasteiger partial charge on any atom is -0.323 e. The molecule has 0 radical (unpaired) electrons. The van der Waals surface area contributed by atoms with Gasteiger partial charge >= 0.3 is 0 Å². The van der Waals surface area contributed by atoms with Crippen molar-refractivity contribution < 1.29 is 0 Å². The van der Waals surface area contributed by atoms with E-state index in [4.69, 9.17) is 22.6 Å². The lowest BCUT2D eigenvalue weighted by Gasteiger charge is -2.34. The fourth-order valence-corrected chi connectivity index (χ4v) is 5.61. The Kier molecular flexibility index (Phi) is 7.40. The van der Waals surface area contributed by atoms with Crippen LogP contribution in [0.4, 0.5) is 0 Å². The molecule has 0 saturated carbocycles. The van der Waals surface area contributed by atoms with Crippen molar-refractivity contribution >= 4 is 12.6 Å². The van der Waals surface area contributed by atoms with Gasteiger partial charge in [0.15, 0.2) is 5.82 Å². The van der Waals surface area contributed by atoms with Gasteiger partial charge in [-0.05, 0) is 68.4 Å². The number of rotatable bonds is 9. The molecule has 184 valence electrons. The average Bonchev–Trinajstić information content (AvgIpc) is 3.49. The van der Waals surface area contributed by atoms with Gasteiger partial charge in [-0.1, -0.05) is 32.0 Å². The Bertz CT molecular complexity index is 1270. The minimum atomic E-state index is -0.391. The molecule has 4 rings (SSSR count). The monoisotopic (exact) mass is 489 g/mol. The van der Waals surface area contributed by atoms with Gasteiger partial charge in [0.2, 0.25) is 0 Å². The molecule has 0 aliphatic carbocycles. The molecule has 1 aromatic carbocycles. The molecular formula is C27H35N7S. The van der Waals surface area contributed by atoms with Crippen molar-refractivity contribution in [1.29, 1.82) is 0 Å². The van der Waals surface area contributed by atoms with Crippen LogP contribution in [0.5, 0.6) is 0 Å². The fourth-order valence-electron chi connectivity index (χ4n) is 5.09. The molecule has 3 aromatic heterocycles. The highest BCUT2D eigenvalue weighted by molar-refractivity contribution is 7.81. The number of aromatic amines is 1. The quantitative estimate of drug-likeness (QED) is 0.295. The SMILES string of the molecule is CCc1cccc(C)c1C(C)(S)CC(c1nnc(-c2ccn(C)n2)[nH]1)C(CC)c1ncc(C)cn1. The predicted octanol–water partition coefficient (Wildman–Crippen LogP) is 5.69. The van der Waals surface area contributed by atoms with Gasteiger partial charge in [0.25, 0.3) is 0 Å². The number of thiol groups is 1. The van der Waals surface area contributed by atoms with Crippen LogP contribution >= 0.6 is 12.6 Å². The van der Waals surface area contributed by atoms with Crippen LogP contribution in [-0.2, 0) is 18.2 Å². The van der Waals surface area contributed by atoms with Gasteiger partial charge < -0.3 is 4.98 Å². The molecule has 8 heteroatoms. The number of nitrogens with zero attached hydrogens (tertiary/aromatic N) is 6.